The summed E-state index contributed by atoms with van der Waals surface area (Å²) < 4.78 is 5.82. The molecule has 1 atom stereocenters. The molecule has 15 heavy (non-hydrogen) atoms. The van der Waals surface area contributed by atoms with Gasteiger partial charge in [-0.3, -0.25) is 0 Å². The Morgan fingerprint density at radius 2 is 1.80 bits per heavy atom. The van der Waals surface area contributed by atoms with Gasteiger partial charge >= 0.3 is 0 Å². The molecule has 2 nitrogen and oxygen atoms in total. The van der Waals surface area contributed by atoms with E-state index in [1.54, 1.807) is 0 Å². The minimum absolute atomic E-state index is 0.129. The molecule has 90 valence electrons. The topological polar surface area (TPSA) is 21.3 Å². The molecule has 0 aromatic heterocycles. The van der Waals surface area contributed by atoms with Crippen molar-refractivity contribution in [3.8, 4) is 0 Å². The number of hydrogen-bond donors (Lipinski definition) is 1. The maximum atomic E-state index is 5.82. The van der Waals surface area contributed by atoms with Crippen LogP contribution in [-0.2, 0) is 4.74 Å². The minimum atomic E-state index is 0.129. The van der Waals surface area contributed by atoms with E-state index >= 15 is 0 Å². The van der Waals surface area contributed by atoms with Gasteiger partial charge < -0.3 is 10.1 Å². The van der Waals surface area contributed by atoms with Crippen molar-refractivity contribution >= 4 is 0 Å². The first-order chi connectivity index (χ1) is 7.14. The SMILES string of the molecule is CNC(CCC(C)C)C1(OC)CCCC1. The summed E-state index contributed by atoms with van der Waals surface area (Å²) in [7, 11) is 3.95. The smallest absolute Gasteiger partial charge is 0.0830 e. The molecule has 0 spiro atoms. The highest BCUT2D eigenvalue weighted by Crippen LogP contribution is 2.37. The van der Waals surface area contributed by atoms with Gasteiger partial charge in [0.05, 0.1) is 5.60 Å². The summed E-state index contributed by atoms with van der Waals surface area (Å²) >= 11 is 0. The summed E-state index contributed by atoms with van der Waals surface area (Å²) in [6.07, 6.45) is 7.64. The van der Waals surface area contributed by atoms with Crippen molar-refractivity contribution in [3.05, 3.63) is 0 Å². The highest BCUT2D eigenvalue weighted by molar-refractivity contribution is 4.96. The fourth-order valence-corrected chi connectivity index (χ4v) is 2.84. The van der Waals surface area contributed by atoms with Gasteiger partial charge in [0.25, 0.3) is 0 Å². The maximum Gasteiger partial charge on any atom is 0.0830 e. The summed E-state index contributed by atoms with van der Waals surface area (Å²) in [4.78, 5) is 0. The van der Waals surface area contributed by atoms with E-state index in [9.17, 15) is 0 Å². The van der Waals surface area contributed by atoms with E-state index in [4.69, 9.17) is 4.74 Å². The Morgan fingerprint density at radius 1 is 1.20 bits per heavy atom. The lowest BCUT2D eigenvalue weighted by atomic mass is 9.87. The van der Waals surface area contributed by atoms with E-state index in [0.717, 1.165) is 5.92 Å². The summed E-state index contributed by atoms with van der Waals surface area (Å²) in [5.41, 5.74) is 0.129. The number of hydrogen-bond acceptors (Lipinski definition) is 2. The molecule has 0 heterocycles. The van der Waals surface area contributed by atoms with Crippen LogP contribution in [0.5, 0.6) is 0 Å². The lowest BCUT2D eigenvalue weighted by Crippen LogP contribution is -2.49. The first-order valence-corrected chi connectivity index (χ1v) is 6.37. The van der Waals surface area contributed by atoms with Crippen LogP contribution in [0.2, 0.25) is 0 Å². The third kappa shape index (κ3) is 3.18. The third-order valence-electron chi connectivity index (χ3n) is 3.87. The fourth-order valence-electron chi connectivity index (χ4n) is 2.84. The second-order valence-corrected chi connectivity index (χ2v) is 5.29. The van der Waals surface area contributed by atoms with Gasteiger partial charge in [-0.15, -0.1) is 0 Å². The van der Waals surface area contributed by atoms with Crippen molar-refractivity contribution < 1.29 is 4.74 Å². The number of methoxy groups -OCH3 is 1. The third-order valence-corrected chi connectivity index (χ3v) is 3.87. The molecule has 2 heteroatoms. The van der Waals surface area contributed by atoms with Crippen molar-refractivity contribution in [1.82, 2.24) is 5.32 Å². The van der Waals surface area contributed by atoms with Crippen LogP contribution in [0.15, 0.2) is 0 Å². The summed E-state index contributed by atoms with van der Waals surface area (Å²) in [5, 5.41) is 3.47. The van der Waals surface area contributed by atoms with E-state index in [2.05, 4.69) is 26.2 Å². The largest absolute Gasteiger partial charge is 0.377 e. The predicted molar refractivity (Wildman–Crippen MR) is 65.1 cm³/mol. The average Bonchev–Trinajstić information content (AvgIpc) is 2.68. The minimum Gasteiger partial charge on any atom is -0.377 e. The van der Waals surface area contributed by atoms with Crippen LogP contribution in [0, 0.1) is 5.92 Å². The van der Waals surface area contributed by atoms with Gasteiger partial charge in [-0.2, -0.15) is 0 Å². The molecule has 1 rings (SSSR count). The second-order valence-electron chi connectivity index (χ2n) is 5.29. The quantitative estimate of drug-likeness (QED) is 0.732. The van der Waals surface area contributed by atoms with Crippen LogP contribution in [-0.4, -0.2) is 25.8 Å². The molecule has 1 saturated carbocycles. The number of rotatable bonds is 6. The average molecular weight is 213 g/mol. The number of ether oxygens (including phenoxy) is 1. The Kier molecular flexibility index (Phi) is 5.07. The van der Waals surface area contributed by atoms with Crippen molar-refractivity contribution in [2.24, 2.45) is 5.92 Å². The molecule has 0 aliphatic heterocycles. The van der Waals surface area contributed by atoms with Crippen LogP contribution in [0.1, 0.15) is 52.4 Å². The first-order valence-electron chi connectivity index (χ1n) is 6.37. The predicted octanol–water partition coefficient (Wildman–Crippen LogP) is 2.97. The van der Waals surface area contributed by atoms with Crippen molar-refractivity contribution in [1.29, 1.82) is 0 Å². The van der Waals surface area contributed by atoms with E-state index in [-0.39, 0.29) is 5.60 Å². The molecule has 0 aromatic rings. The van der Waals surface area contributed by atoms with Gasteiger partial charge in [0.2, 0.25) is 0 Å². The number of nitrogens with one attached hydrogen (secondary N) is 1. The molecule has 1 aliphatic rings. The molecule has 0 amide bonds. The van der Waals surface area contributed by atoms with Crippen LogP contribution in [0.4, 0.5) is 0 Å². The molecule has 1 fully saturated rings. The first kappa shape index (κ1) is 13.0. The number of likely N-dealkylation sites (N-methyl/N-ethyl adjacent to an activating group) is 1. The molecule has 1 aliphatic carbocycles. The van der Waals surface area contributed by atoms with E-state index in [0.29, 0.717) is 6.04 Å². The highest BCUT2D eigenvalue weighted by Gasteiger charge is 2.40. The maximum absolute atomic E-state index is 5.82. The lowest BCUT2D eigenvalue weighted by molar-refractivity contribution is -0.0369. The Labute approximate surface area is 94.8 Å². The Hall–Kier alpha value is -0.0800. The summed E-state index contributed by atoms with van der Waals surface area (Å²) in [5.74, 6) is 0.788. The zero-order valence-electron chi connectivity index (χ0n) is 10.8. The van der Waals surface area contributed by atoms with Gasteiger partial charge in [-0.05, 0) is 38.6 Å². The molecular formula is C13H27NO. The van der Waals surface area contributed by atoms with Gasteiger partial charge in [0.1, 0.15) is 0 Å². The summed E-state index contributed by atoms with van der Waals surface area (Å²) in [6, 6.07) is 0.535. The lowest BCUT2D eigenvalue weighted by Gasteiger charge is -2.36. The Bertz CT molecular complexity index is 173. The molecule has 1 unspecified atom stereocenters. The van der Waals surface area contributed by atoms with Crippen molar-refractivity contribution in [3.63, 3.8) is 0 Å². The molecule has 0 bridgehead atoms. The van der Waals surface area contributed by atoms with Crippen molar-refractivity contribution in [2.45, 2.75) is 64.0 Å². The van der Waals surface area contributed by atoms with Crippen LogP contribution < -0.4 is 5.32 Å². The van der Waals surface area contributed by atoms with E-state index < -0.39 is 0 Å². The van der Waals surface area contributed by atoms with Crippen LogP contribution in [0.25, 0.3) is 0 Å². The zero-order chi connectivity index (χ0) is 11.3. The van der Waals surface area contributed by atoms with E-state index in [1.165, 1.54) is 38.5 Å². The summed E-state index contributed by atoms with van der Waals surface area (Å²) in [6.45, 7) is 4.59. The normalized spacial score (nSPS) is 22.2. The Morgan fingerprint density at radius 3 is 2.20 bits per heavy atom. The van der Waals surface area contributed by atoms with E-state index in [1.807, 2.05) is 7.11 Å². The fraction of sp³-hybridized carbons (Fsp3) is 1.00. The monoisotopic (exact) mass is 213 g/mol. The van der Waals surface area contributed by atoms with Gasteiger partial charge in [0.15, 0.2) is 0 Å². The Balaban J connectivity index is 2.54. The highest BCUT2D eigenvalue weighted by atomic mass is 16.5. The zero-order valence-corrected chi connectivity index (χ0v) is 10.8. The van der Waals surface area contributed by atoms with Gasteiger partial charge in [0, 0.05) is 13.2 Å². The molecule has 1 N–H and O–H groups in total. The molecule has 0 radical (unpaired) electrons. The standard InChI is InChI=1S/C13H27NO/c1-11(2)7-8-12(14-3)13(15-4)9-5-6-10-13/h11-12,14H,5-10H2,1-4H3. The van der Waals surface area contributed by atoms with Crippen molar-refractivity contribution in [2.75, 3.05) is 14.2 Å². The second kappa shape index (κ2) is 5.86. The molecule has 0 saturated heterocycles. The van der Waals surface area contributed by atoms with Gasteiger partial charge in [-0.1, -0.05) is 26.7 Å². The van der Waals surface area contributed by atoms with Gasteiger partial charge in [-0.25, -0.2) is 0 Å². The molecular weight excluding hydrogens is 186 g/mol. The van der Waals surface area contributed by atoms with Crippen LogP contribution in [0.3, 0.4) is 0 Å². The van der Waals surface area contributed by atoms with Crippen LogP contribution >= 0.6 is 0 Å². The molecule has 0 aromatic carbocycles.